The number of fused-ring (bicyclic) bond motifs is 8. The minimum atomic E-state index is -0.308. The van der Waals surface area contributed by atoms with Gasteiger partial charge in [0.2, 0.25) is 0 Å². The summed E-state index contributed by atoms with van der Waals surface area (Å²) in [7, 11) is 0. The number of hydrogen-bond acceptors (Lipinski definition) is 5. The Morgan fingerprint density at radius 3 is 1.04 bits per heavy atom. The van der Waals surface area contributed by atoms with Crippen LogP contribution in [0, 0.1) is 0 Å². The van der Waals surface area contributed by atoms with Crippen molar-refractivity contribution in [2.45, 2.75) is 9.79 Å². The molecule has 16 aromatic rings. The van der Waals surface area contributed by atoms with Crippen molar-refractivity contribution in [1.82, 2.24) is 0 Å². The summed E-state index contributed by atoms with van der Waals surface area (Å²) in [6, 6.07) is 145. The van der Waals surface area contributed by atoms with Gasteiger partial charge in [-0.2, -0.15) is 0 Å². The van der Waals surface area contributed by atoms with E-state index < -0.39 is 0 Å². The molecule has 0 atom stereocenters. The van der Waals surface area contributed by atoms with Crippen molar-refractivity contribution in [3.8, 4) is 55.6 Å². The van der Waals surface area contributed by atoms with E-state index in [2.05, 4.69) is 408 Å². The molecule has 0 fully saturated rings. The van der Waals surface area contributed by atoms with Crippen molar-refractivity contribution in [1.29, 1.82) is 0 Å². The number of para-hydroxylation sites is 8. The van der Waals surface area contributed by atoms with E-state index in [0.29, 0.717) is 0 Å². The van der Waals surface area contributed by atoms with Crippen molar-refractivity contribution in [3.05, 3.63) is 388 Å². The number of hydrogen-bond donors (Lipinski definition) is 0. The first-order chi connectivity index (χ1) is 51.7. The van der Waals surface area contributed by atoms with E-state index in [-0.39, 0.29) is 28.4 Å². The molecule has 4 aliphatic rings. The van der Waals surface area contributed by atoms with Crippen LogP contribution in [-0.2, 0) is 0 Å². The van der Waals surface area contributed by atoms with Crippen molar-refractivity contribution >= 4 is 150 Å². The van der Waals surface area contributed by atoms with Crippen molar-refractivity contribution in [2.75, 3.05) is 19.6 Å². The molecule has 0 bridgehead atoms. The predicted octanol–water partition coefficient (Wildman–Crippen LogP) is 20.0. The smallest absolute Gasteiger partial charge is 0.0616 e. The predicted molar refractivity (Wildman–Crippen MR) is 444 cm³/mol. The van der Waals surface area contributed by atoms with Crippen LogP contribution >= 0.6 is 11.8 Å². The van der Waals surface area contributed by atoms with Gasteiger partial charge in [0.25, 0.3) is 0 Å². The molecule has 20 rings (SSSR count). The van der Waals surface area contributed by atoms with Gasteiger partial charge in [0.15, 0.2) is 0 Å². The molecular weight excluding hydrogens is 1340 g/mol. The molecule has 0 radical (unpaired) electrons. The summed E-state index contributed by atoms with van der Waals surface area (Å²) in [5.41, 5.74) is 33.4. The van der Waals surface area contributed by atoms with E-state index in [0.717, 1.165) is 56.9 Å². The van der Waals surface area contributed by atoms with Gasteiger partial charge < -0.3 is 0 Å². The van der Waals surface area contributed by atoms with Crippen LogP contribution in [0.3, 0.4) is 0 Å². The Morgan fingerprint density at radius 1 is 0.250 bits per heavy atom. The van der Waals surface area contributed by atoms with Gasteiger partial charge in [0.1, 0.15) is 0 Å². The molecular formula is C96H64B2N4SSe. The van der Waals surface area contributed by atoms with Crippen LogP contribution < -0.4 is 61.3 Å². The van der Waals surface area contributed by atoms with Crippen molar-refractivity contribution in [3.63, 3.8) is 0 Å². The quantitative estimate of drug-likeness (QED) is 0.106. The molecule has 0 amide bonds. The van der Waals surface area contributed by atoms with Crippen LogP contribution in [0.25, 0.3) is 55.6 Å². The van der Waals surface area contributed by atoms with Gasteiger partial charge in [-0.05, 0) is 0 Å². The van der Waals surface area contributed by atoms with Gasteiger partial charge in [-0.15, -0.1) is 0 Å². The number of nitrogens with zero attached hydrogens (tertiary/aromatic N) is 4. The molecule has 16 aromatic carbocycles. The summed E-state index contributed by atoms with van der Waals surface area (Å²) in [5, 5.41) is 0. The van der Waals surface area contributed by atoms with E-state index in [9.17, 15) is 0 Å². The maximum absolute atomic E-state index is 2.74. The van der Waals surface area contributed by atoms with Crippen LogP contribution in [0.15, 0.2) is 398 Å². The Bertz CT molecular complexity index is 5520. The topological polar surface area (TPSA) is 13.0 Å². The molecule has 486 valence electrons. The molecule has 0 N–H and O–H groups in total. The van der Waals surface area contributed by atoms with E-state index >= 15 is 0 Å². The molecule has 0 unspecified atom stereocenters. The van der Waals surface area contributed by atoms with Crippen LogP contribution in [0.2, 0.25) is 0 Å². The summed E-state index contributed by atoms with van der Waals surface area (Å²) < 4.78 is 2.76. The second-order valence-electron chi connectivity index (χ2n) is 26.9. The molecule has 8 heteroatoms. The zero-order valence-corrected chi connectivity index (χ0v) is 59.2. The average Bonchev–Trinajstić information content (AvgIpc) is 0.683. The van der Waals surface area contributed by atoms with E-state index in [1.54, 1.807) is 0 Å². The first kappa shape index (κ1) is 61.6. The summed E-state index contributed by atoms with van der Waals surface area (Å²) in [5.74, 6) is 0. The maximum atomic E-state index is 2.74. The molecule has 4 heterocycles. The third kappa shape index (κ3) is 10.3. The van der Waals surface area contributed by atoms with Gasteiger partial charge in [-0.3, -0.25) is 0 Å². The van der Waals surface area contributed by atoms with Crippen LogP contribution in [0.4, 0.5) is 68.2 Å². The SMILES string of the molecule is c1ccc(-c2ccccc2N2c3ccccc3B3c4cc5c(c(-c6c(-c7ccccc7)cccc6-c6ccccc6)c4Sc4cc(N(c6ccccc6)c6ccccc6)cc2c43)[Se]c2cc(N(c3ccccc3)c3ccccc3)cc3c2B5c2ccccc2N3c2ccccc2-c2ccccc2)cc1. The minimum absolute atomic E-state index is 0.169. The van der Waals surface area contributed by atoms with Crippen molar-refractivity contribution < 1.29 is 0 Å². The normalized spacial score (nSPS) is 12.7. The summed E-state index contributed by atoms with van der Waals surface area (Å²) in [4.78, 5) is 12.7. The molecule has 4 nitrogen and oxygen atoms in total. The van der Waals surface area contributed by atoms with Gasteiger partial charge in [-0.1, -0.05) is 18.2 Å². The Labute approximate surface area is 618 Å². The zero-order chi connectivity index (χ0) is 68.6. The molecule has 0 saturated carbocycles. The first-order valence-corrected chi connectivity index (χ1v) is 38.2. The molecule has 4 aliphatic heterocycles. The second kappa shape index (κ2) is 26.0. The van der Waals surface area contributed by atoms with E-state index in [1.165, 1.54) is 119 Å². The number of rotatable bonds is 13. The Kier molecular flexibility index (Phi) is 15.4. The Morgan fingerprint density at radius 2 is 0.596 bits per heavy atom. The molecule has 0 saturated heterocycles. The molecule has 0 aliphatic carbocycles. The Balaban J connectivity index is 0.927. The number of benzene rings is 16. The van der Waals surface area contributed by atoms with Gasteiger partial charge in [0.05, 0.1) is 0 Å². The average molecular weight is 1410 g/mol. The molecule has 0 spiro atoms. The van der Waals surface area contributed by atoms with Crippen molar-refractivity contribution in [2.24, 2.45) is 0 Å². The fourth-order valence-electron chi connectivity index (χ4n) is 16.8. The Hall–Kier alpha value is -12.3. The third-order valence-electron chi connectivity index (χ3n) is 21.1. The summed E-state index contributed by atoms with van der Waals surface area (Å²) in [6.07, 6.45) is 0. The molecule has 104 heavy (non-hydrogen) atoms. The van der Waals surface area contributed by atoms with Crippen LogP contribution in [0.1, 0.15) is 0 Å². The fourth-order valence-corrected chi connectivity index (χ4v) is 21.0. The second-order valence-corrected chi connectivity index (χ2v) is 30.2. The monoisotopic (exact) mass is 1410 g/mol. The van der Waals surface area contributed by atoms with Gasteiger partial charge in [-0.25, -0.2) is 0 Å². The van der Waals surface area contributed by atoms with Gasteiger partial charge >= 0.3 is 605 Å². The minimum Gasteiger partial charge on any atom is -0.0616 e. The first-order valence-electron chi connectivity index (χ1n) is 35.7. The number of anilines is 12. The van der Waals surface area contributed by atoms with Gasteiger partial charge in [0, 0.05) is 0 Å². The third-order valence-corrected chi connectivity index (χ3v) is 24.8. The standard InChI is InChI=1S/C96H64B2N4SSe/c1-9-34-65(35-10-1)75-50-25-29-56-83(75)101-85-58-31-27-54-79(85)97-81-64-82-96(104-90-63-74(100(71-46-21-7-22-47-71)72-48-23-8-24-49-72)61-88-94(90)98(82)80-55-28-32-59-86(80)102(88)84-57-30-26-51-76(84)66-36-11-2-12-37-66)92(91-77(67-38-13-3-14-39-67)52-33-53-78(91)68-40-15-4-16-41-68)95(81)103-89-62-73(60-87(101)93(89)97)99(69-42-17-5-18-43-69)70-44-19-6-20-45-70/h1-64H. The van der Waals surface area contributed by atoms with Crippen LogP contribution in [-0.4, -0.2) is 28.4 Å². The van der Waals surface area contributed by atoms with E-state index in [1.807, 2.05) is 11.8 Å². The fraction of sp³-hybridized carbons (Fsp3) is 0. The van der Waals surface area contributed by atoms with E-state index in [4.69, 9.17) is 0 Å². The summed E-state index contributed by atoms with van der Waals surface area (Å²) in [6.45, 7) is -0.358. The molecule has 0 aromatic heterocycles. The van der Waals surface area contributed by atoms with Crippen LogP contribution in [0.5, 0.6) is 0 Å². The zero-order valence-electron chi connectivity index (χ0n) is 56.7. The summed E-state index contributed by atoms with van der Waals surface area (Å²) >= 11 is 1.67.